The standard InChI is InChI=1S/C63H115NO8/c1-6-8-10-12-14-16-18-20-22-24-25-26-27-28-29-30-31-32-33-34-35-36-37-38-40-42-44-46-48-50-52-54-61(66)72-59(58-71-63(62(67)68)69-56-55-64(3,4)5)57-70-60(65)53-51-49-47-45-43-41-39-23-21-19-17-15-13-11-9-7-2/h17-20,23-25,39,59,63H,6-16,21-22,26-38,40-58H2,1-5H3/b19-17-,20-18-,25-24-,39-23-. The molecule has 9 heteroatoms. The molecule has 0 aliphatic carbocycles. The Labute approximate surface area is 444 Å². The molecule has 72 heavy (non-hydrogen) atoms. The second kappa shape index (κ2) is 54.5. The Morgan fingerprint density at radius 2 is 0.750 bits per heavy atom. The van der Waals surface area contributed by atoms with Crippen LogP contribution in [0.15, 0.2) is 48.6 Å². The molecule has 0 aromatic heterocycles. The van der Waals surface area contributed by atoms with Gasteiger partial charge in [-0.1, -0.05) is 236 Å². The number of likely N-dealkylation sites (N-methyl/N-ethyl adjacent to an activating group) is 1. The first-order valence-electron chi connectivity index (χ1n) is 30.3. The quantitative estimate of drug-likeness (QED) is 0.0195. The van der Waals surface area contributed by atoms with Gasteiger partial charge in [0.2, 0.25) is 0 Å². The van der Waals surface area contributed by atoms with E-state index >= 15 is 0 Å². The van der Waals surface area contributed by atoms with Gasteiger partial charge < -0.3 is 33.3 Å². The molecule has 0 spiro atoms. The Kier molecular flexibility index (Phi) is 52.4. The van der Waals surface area contributed by atoms with Crippen LogP contribution in [0, 0.1) is 0 Å². The summed E-state index contributed by atoms with van der Waals surface area (Å²) in [6.45, 7) is 4.73. The molecule has 0 heterocycles. The molecule has 0 aromatic carbocycles. The average Bonchev–Trinajstić information content (AvgIpc) is 3.35. The number of hydrogen-bond acceptors (Lipinski definition) is 8. The van der Waals surface area contributed by atoms with Crippen molar-refractivity contribution in [2.24, 2.45) is 0 Å². The lowest BCUT2D eigenvalue weighted by molar-refractivity contribution is -0.870. The van der Waals surface area contributed by atoms with Crippen LogP contribution in [0.4, 0.5) is 0 Å². The highest BCUT2D eigenvalue weighted by atomic mass is 16.7. The summed E-state index contributed by atoms with van der Waals surface area (Å²) >= 11 is 0. The molecule has 0 N–H and O–H groups in total. The lowest BCUT2D eigenvalue weighted by atomic mass is 10.0. The van der Waals surface area contributed by atoms with Crippen LogP contribution >= 0.6 is 0 Å². The van der Waals surface area contributed by atoms with Crippen LogP contribution in [0.25, 0.3) is 0 Å². The van der Waals surface area contributed by atoms with Crippen molar-refractivity contribution >= 4 is 17.9 Å². The van der Waals surface area contributed by atoms with E-state index in [9.17, 15) is 19.5 Å². The fraction of sp³-hybridized carbons (Fsp3) is 0.825. The van der Waals surface area contributed by atoms with Gasteiger partial charge in [0.15, 0.2) is 12.4 Å². The molecule has 0 rings (SSSR count). The fourth-order valence-corrected chi connectivity index (χ4v) is 8.60. The van der Waals surface area contributed by atoms with Gasteiger partial charge in [0.1, 0.15) is 13.2 Å². The number of carbonyl (C=O) groups is 3. The fourth-order valence-electron chi connectivity index (χ4n) is 8.60. The van der Waals surface area contributed by atoms with E-state index in [0.29, 0.717) is 17.4 Å². The van der Waals surface area contributed by atoms with E-state index in [0.717, 1.165) is 64.2 Å². The van der Waals surface area contributed by atoms with Gasteiger partial charge >= 0.3 is 11.9 Å². The summed E-state index contributed by atoms with van der Waals surface area (Å²) in [4.78, 5) is 37.3. The number of carbonyl (C=O) groups excluding carboxylic acids is 3. The van der Waals surface area contributed by atoms with E-state index in [1.165, 1.54) is 180 Å². The summed E-state index contributed by atoms with van der Waals surface area (Å²) in [6, 6.07) is 0. The van der Waals surface area contributed by atoms with Crippen LogP contribution < -0.4 is 5.11 Å². The van der Waals surface area contributed by atoms with Gasteiger partial charge in [-0.25, -0.2) is 0 Å². The zero-order chi connectivity index (χ0) is 52.7. The van der Waals surface area contributed by atoms with Crippen LogP contribution in [-0.4, -0.2) is 82.3 Å². The smallest absolute Gasteiger partial charge is 0.306 e. The number of allylic oxidation sites excluding steroid dienone is 8. The molecule has 0 saturated carbocycles. The summed E-state index contributed by atoms with van der Waals surface area (Å²) in [6.07, 6.45) is 64.6. The summed E-state index contributed by atoms with van der Waals surface area (Å²) in [5.41, 5.74) is 0. The molecule has 0 saturated heterocycles. The molecule has 420 valence electrons. The number of rotatable bonds is 56. The third kappa shape index (κ3) is 55.0. The number of nitrogens with zero attached hydrogens (tertiary/aromatic N) is 1. The van der Waals surface area contributed by atoms with Crippen LogP contribution in [0.3, 0.4) is 0 Å². The van der Waals surface area contributed by atoms with Crippen molar-refractivity contribution in [3.05, 3.63) is 48.6 Å². The maximum Gasteiger partial charge on any atom is 0.306 e. The van der Waals surface area contributed by atoms with E-state index in [4.69, 9.17) is 18.9 Å². The third-order valence-corrected chi connectivity index (χ3v) is 13.3. The zero-order valence-electron chi connectivity index (χ0n) is 47.8. The average molecular weight is 1010 g/mol. The minimum absolute atomic E-state index is 0.146. The number of quaternary nitrogens is 1. The first-order chi connectivity index (χ1) is 35.1. The van der Waals surface area contributed by atoms with Crippen LogP contribution in [-0.2, 0) is 33.3 Å². The SMILES string of the molecule is CCCCCC/C=C\C/C=C\CCCCCCCC(=O)OCC(COC(OCC[N+](C)(C)C)C(=O)[O-])OC(=O)CCCCCCCCCCCCCCCCCCCCC/C=C\C/C=C\CCCCCCC. The number of carboxylic acids is 1. The van der Waals surface area contributed by atoms with E-state index < -0.39 is 24.3 Å². The molecule has 2 unspecified atom stereocenters. The van der Waals surface area contributed by atoms with Crippen molar-refractivity contribution in [2.75, 3.05) is 47.5 Å². The Hall–Kier alpha value is -2.75. The topological polar surface area (TPSA) is 111 Å². The third-order valence-electron chi connectivity index (χ3n) is 13.3. The van der Waals surface area contributed by atoms with Gasteiger partial charge in [0.25, 0.3) is 0 Å². The zero-order valence-corrected chi connectivity index (χ0v) is 47.8. The van der Waals surface area contributed by atoms with Crippen LogP contribution in [0.1, 0.15) is 277 Å². The number of unbranched alkanes of at least 4 members (excludes halogenated alkanes) is 33. The lowest BCUT2D eigenvalue weighted by Gasteiger charge is -2.26. The van der Waals surface area contributed by atoms with Gasteiger partial charge in [-0.2, -0.15) is 0 Å². The Balaban J connectivity index is 4.12. The monoisotopic (exact) mass is 1010 g/mol. The second-order valence-electron chi connectivity index (χ2n) is 21.6. The van der Waals surface area contributed by atoms with Gasteiger partial charge in [-0.05, 0) is 77.0 Å². The molecule has 0 fully saturated rings. The van der Waals surface area contributed by atoms with Gasteiger partial charge in [-0.15, -0.1) is 0 Å². The Morgan fingerprint density at radius 3 is 1.11 bits per heavy atom. The number of esters is 2. The highest BCUT2D eigenvalue weighted by molar-refractivity contribution is 5.70. The van der Waals surface area contributed by atoms with Crippen molar-refractivity contribution in [1.82, 2.24) is 0 Å². The minimum Gasteiger partial charge on any atom is -0.545 e. The van der Waals surface area contributed by atoms with Crippen molar-refractivity contribution < 1.29 is 42.9 Å². The molecule has 2 atom stereocenters. The number of aliphatic carboxylic acids is 1. The maximum atomic E-state index is 12.9. The highest BCUT2D eigenvalue weighted by Gasteiger charge is 2.22. The second-order valence-corrected chi connectivity index (χ2v) is 21.6. The van der Waals surface area contributed by atoms with E-state index in [1.807, 2.05) is 21.1 Å². The molecule has 0 amide bonds. The predicted molar refractivity (Wildman–Crippen MR) is 302 cm³/mol. The molecule has 0 aliphatic rings. The molecular formula is C63H115NO8. The van der Waals surface area contributed by atoms with Gasteiger partial charge in [0.05, 0.1) is 40.3 Å². The Bertz CT molecular complexity index is 1320. The minimum atomic E-state index is -1.62. The van der Waals surface area contributed by atoms with Crippen molar-refractivity contribution in [3.63, 3.8) is 0 Å². The number of hydrogen-bond donors (Lipinski definition) is 0. The largest absolute Gasteiger partial charge is 0.545 e. The number of carboxylic acid groups (broad SMARTS) is 1. The van der Waals surface area contributed by atoms with Gasteiger partial charge in [-0.3, -0.25) is 9.59 Å². The molecule has 9 nitrogen and oxygen atoms in total. The molecule has 0 aliphatic heterocycles. The highest BCUT2D eigenvalue weighted by Crippen LogP contribution is 2.17. The molecule has 0 aromatic rings. The van der Waals surface area contributed by atoms with E-state index in [-0.39, 0.29) is 38.6 Å². The van der Waals surface area contributed by atoms with E-state index in [2.05, 4.69) is 62.5 Å². The van der Waals surface area contributed by atoms with E-state index in [1.54, 1.807) is 0 Å². The van der Waals surface area contributed by atoms with Crippen molar-refractivity contribution in [2.45, 2.75) is 289 Å². The maximum absolute atomic E-state index is 12.9. The molecular weight excluding hydrogens is 899 g/mol. The van der Waals surface area contributed by atoms with Crippen LogP contribution in [0.5, 0.6) is 0 Å². The number of ether oxygens (including phenoxy) is 4. The van der Waals surface area contributed by atoms with Gasteiger partial charge in [0, 0.05) is 12.8 Å². The summed E-state index contributed by atoms with van der Waals surface area (Å²) < 4.78 is 22.7. The lowest BCUT2D eigenvalue weighted by Crippen LogP contribution is -2.44. The first-order valence-corrected chi connectivity index (χ1v) is 30.3. The van der Waals surface area contributed by atoms with Crippen molar-refractivity contribution in [1.29, 1.82) is 0 Å². The molecule has 0 bridgehead atoms. The summed E-state index contributed by atoms with van der Waals surface area (Å²) in [5, 5.41) is 11.8. The molecule has 0 radical (unpaired) electrons. The van der Waals surface area contributed by atoms with Crippen molar-refractivity contribution in [3.8, 4) is 0 Å². The first kappa shape index (κ1) is 69.2. The summed E-state index contributed by atoms with van der Waals surface area (Å²) in [5.74, 6) is -2.29. The normalized spacial score (nSPS) is 13.1. The summed E-state index contributed by atoms with van der Waals surface area (Å²) in [7, 11) is 5.92. The van der Waals surface area contributed by atoms with Crippen LogP contribution in [0.2, 0.25) is 0 Å². The predicted octanol–water partition coefficient (Wildman–Crippen LogP) is 16.5. The Morgan fingerprint density at radius 1 is 0.417 bits per heavy atom.